The number of nitrogens with one attached hydrogen (secondary N) is 1. The van der Waals surface area contributed by atoms with Gasteiger partial charge in [-0.05, 0) is 60.2 Å². The maximum atomic E-state index is 13.8. The van der Waals surface area contributed by atoms with E-state index in [1.165, 1.54) is 19.2 Å². The van der Waals surface area contributed by atoms with Crippen molar-refractivity contribution in [1.82, 2.24) is 5.32 Å². The Bertz CT molecular complexity index is 1560. The highest BCUT2D eigenvalue weighted by atomic mass is 19.4. The average Bonchev–Trinajstić information content (AvgIpc) is 2.98. The average molecular weight is 578 g/mol. The zero-order valence-corrected chi connectivity index (χ0v) is 23.4. The van der Waals surface area contributed by atoms with Crippen molar-refractivity contribution in [2.45, 2.75) is 44.4 Å². The van der Waals surface area contributed by atoms with Crippen LogP contribution in [0.1, 0.15) is 53.9 Å². The number of allylic oxidation sites excluding steroid dienone is 3. The lowest BCUT2D eigenvalue weighted by Gasteiger charge is -2.37. The molecule has 0 aromatic heterocycles. The second-order valence-electron chi connectivity index (χ2n) is 10.3. The van der Waals surface area contributed by atoms with E-state index in [0.717, 1.165) is 23.3 Å². The Balaban J connectivity index is 1.52. The van der Waals surface area contributed by atoms with Crippen LogP contribution >= 0.6 is 0 Å². The van der Waals surface area contributed by atoms with Gasteiger partial charge in [0.2, 0.25) is 0 Å². The molecule has 0 spiro atoms. The van der Waals surface area contributed by atoms with Gasteiger partial charge in [-0.2, -0.15) is 13.2 Å². The van der Waals surface area contributed by atoms with Crippen LogP contribution < -0.4 is 14.8 Å². The summed E-state index contributed by atoms with van der Waals surface area (Å²) in [5.74, 6) is -0.800. The van der Waals surface area contributed by atoms with Crippen LogP contribution in [0.2, 0.25) is 0 Å². The second-order valence-corrected chi connectivity index (χ2v) is 10.3. The van der Waals surface area contributed by atoms with E-state index in [9.17, 15) is 22.8 Å². The lowest BCUT2D eigenvalue weighted by atomic mass is 9.71. The van der Waals surface area contributed by atoms with Gasteiger partial charge in [0.15, 0.2) is 17.3 Å². The maximum absolute atomic E-state index is 13.8. The van der Waals surface area contributed by atoms with Crippen molar-refractivity contribution in [2.75, 3.05) is 14.2 Å². The van der Waals surface area contributed by atoms with Gasteiger partial charge in [0.05, 0.1) is 25.4 Å². The van der Waals surface area contributed by atoms with Crippen LogP contribution in [0.4, 0.5) is 13.2 Å². The van der Waals surface area contributed by atoms with Crippen LogP contribution in [0.3, 0.4) is 0 Å². The number of ether oxygens (including phenoxy) is 3. The lowest BCUT2D eigenvalue weighted by molar-refractivity contribution is -0.141. The summed E-state index contributed by atoms with van der Waals surface area (Å²) in [4.78, 5) is 27.4. The van der Waals surface area contributed by atoms with Gasteiger partial charge in [-0.3, -0.25) is 4.79 Å². The molecule has 2 aliphatic rings. The zero-order valence-electron chi connectivity index (χ0n) is 23.4. The molecule has 0 saturated carbocycles. The first-order valence-electron chi connectivity index (χ1n) is 13.4. The number of hydrogen-bond acceptors (Lipinski definition) is 6. The number of dihydropyridines is 1. The summed E-state index contributed by atoms with van der Waals surface area (Å²) in [5.41, 5.74) is 2.94. The van der Waals surface area contributed by atoms with Crippen LogP contribution in [-0.2, 0) is 27.1 Å². The Morgan fingerprint density at radius 3 is 2.21 bits per heavy atom. The number of methoxy groups -OCH3 is 2. The first-order valence-corrected chi connectivity index (χ1v) is 13.4. The van der Waals surface area contributed by atoms with Crippen LogP contribution in [0.25, 0.3) is 0 Å². The molecular weight excluding hydrogens is 547 g/mol. The van der Waals surface area contributed by atoms with E-state index in [0.29, 0.717) is 40.5 Å². The molecular formula is C33H30F3NO5. The number of ketones is 1. The second kappa shape index (κ2) is 11.8. The molecule has 2 atom stereocenters. The van der Waals surface area contributed by atoms with E-state index in [1.807, 2.05) is 42.5 Å². The molecule has 5 rings (SSSR count). The third-order valence-corrected chi connectivity index (χ3v) is 7.71. The Kier molecular flexibility index (Phi) is 8.11. The lowest BCUT2D eigenvalue weighted by Crippen LogP contribution is -2.36. The molecule has 3 aromatic rings. The monoisotopic (exact) mass is 577 g/mol. The number of hydrogen-bond donors (Lipinski definition) is 1. The van der Waals surface area contributed by atoms with Crippen LogP contribution in [0.5, 0.6) is 11.5 Å². The van der Waals surface area contributed by atoms with Crippen molar-refractivity contribution in [3.05, 3.63) is 118 Å². The Labute approximate surface area is 241 Å². The number of alkyl halides is 3. The van der Waals surface area contributed by atoms with Crippen molar-refractivity contribution in [3.8, 4) is 11.5 Å². The van der Waals surface area contributed by atoms with Gasteiger partial charge >= 0.3 is 12.1 Å². The molecule has 42 heavy (non-hydrogen) atoms. The van der Waals surface area contributed by atoms with Crippen LogP contribution in [-0.4, -0.2) is 26.0 Å². The zero-order chi connectivity index (χ0) is 30.0. The molecule has 0 saturated heterocycles. The number of esters is 1. The van der Waals surface area contributed by atoms with Gasteiger partial charge in [-0.15, -0.1) is 0 Å². The van der Waals surface area contributed by atoms with Gasteiger partial charge in [-0.1, -0.05) is 48.5 Å². The highest BCUT2D eigenvalue weighted by molar-refractivity contribution is 6.04. The molecule has 1 heterocycles. The van der Waals surface area contributed by atoms with E-state index in [-0.39, 0.29) is 30.3 Å². The summed E-state index contributed by atoms with van der Waals surface area (Å²) in [6, 6.07) is 19.3. The standard InChI is InChI=1S/C33H30F3NO5/c1-19-29(32(39)42-18-20-7-5-4-6-8-20)30(21-9-12-24(13-10-21)33(34,35)36)31-25(37-19)15-23(16-26(31)38)22-11-14-27(40-2)28(17-22)41-3/h4-14,17,23,30,37H,15-16,18H2,1-3H3/t23-,30+/m0/s1. The number of rotatable bonds is 7. The van der Waals surface area contributed by atoms with Crippen LogP contribution in [0.15, 0.2) is 95.3 Å². The molecule has 0 amide bonds. The Morgan fingerprint density at radius 1 is 0.905 bits per heavy atom. The fourth-order valence-electron chi connectivity index (χ4n) is 5.65. The predicted octanol–water partition coefficient (Wildman–Crippen LogP) is 6.83. The third-order valence-electron chi connectivity index (χ3n) is 7.71. The molecule has 6 nitrogen and oxygen atoms in total. The number of carbonyl (C=O) groups is 2. The molecule has 0 unspecified atom stereocenters. The highest BCUT2D eigenvalue weighted by Crippen LogP contribution is 2.47. The summed E-state index contributed by atoms with van der Waals surface area (Å²) < 4.78 is 56.5. The van der Waals surface area contributed by atoms with E-state index in [4.69, 9.17) is 14.2 Å². The van der Waals surface area contributed by atoms with Gasteiger partial charge < -0.3 is 19.5 Å². The van der Waals surface area contributed by atoms with Crippen molar-refractivity contribution in [3.63, 3.8) is 0 Å². The first kappa shape index (κ1) is 29.0. The van der Waals surface area contributed by atoms with Gasteiger partial charge in [0, 0.05) is 29.3 Å². The fraction of sp³-hybridized carbons (Fsp3) is 0.273. The van der Waals surface area contributed by atoms with Gasteiger partial charge in [0.1, 0.15) is 6.61 Å². The van der Waals surface area contributed by atoms with Gasteiger partial charge in [-0.25, -0.2) is 4.79 Å². The normalized spacial score (nSPS) is 18.8. The molecule has 1 aliphatic heterocycles. The molecule has 0 fully saturated rings. The molecule has 3 aromatic carbocycles. The molecule has 0 radical (unpaired) electrons. The van der Waals surface area contributed by atoms with Crippen molar-refractivity contribution in [2.24, 2.45) is 0 Å². The molecule has 0 bridgehead atoms. The summed E-state index contributed by atoms with van der Waals surface area (Å²) in [5, 5.41) is 3.27. The van der Waals surface area contributed by atoms with E-state index >= 15 is 0 Å². The molecule has 1 aliphatic carbocycles. The Morgan fingerprint density at radius 2 is 1.57 bits per heavy atom. The minimum absolute atomic E-state index is 0.0113. The van der Waals surface area contributed by atoms with E-state index < -0.39 is 23.6 Å². The van der Waals surface area contributed by atoms with E-state index in [2.05, 4.69) is 5.32 Å². The van der Waals surface area contributed by atoms with Gasteiger partial charge in [0.25, 0.3) is 0 Å². The number of benzene rings is 3. The number of Topliss-reactive ketones (excluding diaryl/α,β-unsaturated/α-hetero) is 1. The smallest absolute Gasteiger partial charge is 0.416 e. The minimum Gasteiger partial charge on any atom is -0.493 e. The summed E-state index contributed by atoms with van der Waals surface area (Å²) in [6.45, 7) is 1.72. The predicted molar refractivity (Wildman–Crippen MR) is 150 cm³/mol. The van der Waals surface area contributed by atoms with Crippen LogP contribution in [0, 0.1) is 0 Å². The topological polar surface area (TPSA) is 73.9 Å². The third kappa shape index (κ3) is 5.77. The quantitative estimate of drug-likeness (QED) is 0.311. The molecule has 1 N–H and O–H groups in total. The molecule has 9 heteroatoms. The van der Waals surface area contributed by atoms with Crippen molar-refractivity contribution < 1.29 is 37.0 Å². The highest BCUT2D eigenvalue weighted by Gasteiger charge is 2.42. The van der Waals surface area contributed by atoms with Crippen molar-refractivity contribution in [1.29, 1.82) is 0 Å². The largest absolute Gasteiger partial charge is 0.493 e. The fourth-order valence-corrected chi connectivity index (χ4v) is 5.65. The van der Waals surface area contributed by atoms with E-state index in [1.54, 1.807) is 20.1 Å². The maximum Gasteiger partial charge on any atom is 0.416 e. The summed E-state index contributed by atoms with van der Waals surface area (Å²) in [7, 11) is 3.09. The SMILES string of the molecule is COc1ccc([C@@H]2CC(=O)C3=C(C2)NC(C)=C(C(=O)OCc2ccccc2)[C@H]3c2ccc(C(F)(F)F)cc2)cc1OC. The first-order chi connectivity index (χ1) is 20.1. The van der Waals surface area contributed by atoms with Crippen molar-refractivity contribution >= 4 is 11.8 Å². The number of carbonyl (C=O) groups excluding carboxylic acids is 2. The molecule has 218 valence electrons. The number of halogens is 3. The Hall–Kier alpha value is -4.53. The summed E-state index contributed by atoms with van der Waals surface area (Å²) in [6.07, 6.45) is -3.91. The summed E-state index contributed by atoms with van der Waals surface area (Å²) >= 11 is 0. The minimum atomic E-state index is -4.52.